The summed E-state index contributed by atoms with van der Waals surface area (Å²) in [6.45, 7) is 7.66. The first-order chi connectivity index (χ1) is 17.5. The number of likely N-dealkylation sites (tertiary alicyclic amines) is 2. The molecule has 6 rings (SSSR count). The molecule has 1 amide bonds. The lowest BCUT2D eigenvalue weighted by atomic mass is 9.86. The fourth-order valence-electron chi connectivity index (χ4n) is 7.19. The van der Waals surface area contributed by atoms with Crippen LogP contribution in [0.3, 0.4) is 0 Å². The molecule has 3 fully saturated rings. The zero-order chi connectivity index (χ0) is 24.7. The monoisotopic (exact) mass is 513 g/mol. The lowest BCUT2D eigenvalue weighted by molar-refractivity contribution is -0.149. The summed E-state index contributed by atoms with van der Waals surface area (Å²) in [5.41, 5.74) is 1.95. The normalized spacial score (nSPS) is 28.3. The van der Waals surface area contributed by atoms with E-state index in [9.17, 15) is 4.79 Å². The van der Waals surface area contributed by atoms with Crippen LogP contribution in [0.1, 0.15) is 81.1 Å². The minimum absolute atomic E-state index is 0.238. The van der Waals surface area contributed by atoms with Gasteiger partial charge < -0.3 is 9.80 Å². The van der Waals surface area contributed by atoms with Gasteiger partial charge in [-0.25, -0.2) is 4.39 Å². The molecule has 4 aliphatic heterocycles. The van der Waals surface area contributed by atoms with Gasteiger partial charge in [-0.1, -0.05) is 19.3 Å². The second kappa shape index (κ2) is 10.3. The molecule has 2 saturated heterocycles. The smallest absolute Gasteiger partial charge is 0.260 e. The first-order valence-electron chi connectivity index (χ1n) is 14.1. The van der Waals surface area contributed by atoms with Gasteiger partial charge in [0.15, 0.2) is 5.67 Å². The van der Waals surface area contributed by atoms with Crippen molar-refractivity contribution >= 4 is 28.7 Å². The molecule has 0 bridgehead atoms. The van der Waals surface area contributed by atoms with E-state index in [0.717, 1.165) is 62.9 Å². The molecule has 6 nitrogen and oxygen atoms in total. The average Bonchev–Trinajstić information content (AvgIpc) is 3.47. The summed E-state index contributed by atoms with van der Waals surface area (Å²) in [6, 6.07) is 2.63. The molecular weight excluding hydrogens is 473 g/mol. The van der Waals surface area contributed by atoms with Crippen molar-refractivity contribution in [2.45, 2.75) is 88.9 Å². The topological polar surface area (TPSA) is 51.5 Å². The molecule has 1 aromatic rings. The number of nitrogens with zero attached hydrogens (tertiary/aromatic N) is 5. The molecule has 5 heterocycles. The van der Waals surface area contributed by atoms with Crippen LogP contribution in [0, 0.1) is 5.92 Å². The second-order valence-electron chi connectivity index (χ2n) is 11.8. The van der Waals surface area contributed by atoms with Gasteiger partial charge in [0.2, 0.25) is 0 Å². The SMILES string of the molecule is CC1=NN=C2CN(C3CCN(C(=O)C4(F)CCN(CC5CCCCC5)CC4)CC3)Cc3ccsc3C12. The van der Waals surface area contributed by atoms with E-state index in [1.54, 1.807) is 0 Å². The lowest BCUT2D eigenvalue weighted by Gasteiger charge is -2.42. The number of halogens is 1. The van der Waals surface area contributed by atoms with Crippen LogP contribution in [0.25, 0.3) is 0 Å². The van der Waals surface area contributed by atoms with Crippen LogP contribution in [0.15, 0.2) is 21.6 Å². The van der Waals surface area contributed by atoms with Gasteiger partial charge in [-0.3, -0.25) is 9.69 Å². The Balaban J connectivity index is 1.03. The summed E-state index contributed by atoms with van der Waals surface area (Å²) in [5, 5.41) is 11.1. The van der Waals surface area contributed by atoms with E-state index in [0.29, 0.717) is 32.0 Å². The van der Waals surface area contributed by atoms with Gasteiger partial charge in [0.1, 0.15) is 0 Å². The summed E-state index contributed by atoms with van der Waals surface area (Å²) >= 11 is 1.81. The first-order valence-corrected chi connectivity index (χ1v) is 15.0. The van der Waals surface area contributed by atoms with Gasteiger partial charge in [-0.15, -0.1) is 11.3 Å². The number of thiophene rings is 1. The van der Waals surface area contributed by atoms with Crippen molar-refractivity contribution in [1.82, 2.24) is 14.7 Å². The second-order valence-corrected chi connectivity index (χ2v) is 12.7. The Morgan fingerprint density at radius 3 is 2.56 bits per heavy atom. The Hall–Kier alpha value is -1.64. The molecule has 1 aliphatic carbocycles. The number of amides is 1. The Kier molecular flexibility index (Phi) is 7.03. The molecule has 0 aromatic carbocycles. The number of alkyl halides is 1. The fourth-order valence-corrected chi connectivity index (χ4v) is 8.30. The quantitative estimate of drug-likeness (QED) is 0.578. The van der Waals surface area contributed by atoms with Crippen LogP contribution in [0.4, 0.5) is 4.39 Å². The third-order valence-electron chi connectivity index (χ3n) is 9.41. The highest BCUT2D eigenvalue weighted by molar-refractivity contribution is 7.10. The van der Waals surface area contributed by atoms with Crippen LogP contribution in [-0.2, 0) is 11.3 Å². The summed E-state index contributed by atoms with van der Waals surface area (Å²) in [5.74, 6) is 0.756. The average molecular weight is 514 g/mol. The van der Waals surface area contributed by atoms with Crippen LogP contribution in [-0.4, -0.2) is 83.0 Å². The van der Waals surface area contributed by atoms with Crippen LogP contribution >= 0.6 is 11.3 Å². The molecule has 1 aromatic heterocycles. The summed E-state index contributed by atoms with van der Waals surface area (Å²) in [4.78, 5) is 21.5. The molecule has 8 heteroatoms. The van der Waals surface area contributed by atoms with Gasteiger partial charge in [-0.05, 0) is 55.5 Å². The lowest BCUT2D eigenvalue weighted by Crippen LogP contribution is -2.56. The maximum Gasteiger partial charge on any atom is 0.260 e. The Morgan fingerprint density at radius 2 is 1.81 bits per heavy atom. The van der Waals surface area contributed by atoms with Gasteiger partial charge in [0, 0.05) is 69.6 Å². The highest BCUT2D eigenvalue weighted by Gasteiger charge is 2.45. The largest absolute Gasteiger partial charge is 0.340 e. The maximum atomic E-state index is 15.9. The number of hydrogen-bond donors (Lipinski definition) is 0. The number of piperidine rings is 2. The third-order valence-corrected chi connectivity index (χ3v) is 10.4. The molecule has 1 unspecified atom stereocenters. The summed E-state index contributed by atoms with van der Waals surface area (Å²) < 4.78 is 15.9. The van der Waals surface area contributed by atoms with Crippen molar-refractivity contribution in [3.05, 3.63) is 21.9 Å². The maximum absolute atomic E-state index is 15.9. The van der Waals surface area contributed by atoms with E-state index in [4.69, 9.17) is 0 Å². The molecule has 0 spiro atoms. The standard InChI is InChI=1S/C28H40FN5OS/c1-20-25-24(31-30-20)19-34(18-22-9-16-36-26(22)25)23-7-12-33(13-8-23)27(35)28(29)10-14-32(15-11-28)17-21-5-3-2-4-6-21/h9,16,21,23,25H,2-8,10-15,17-19H2,1H3. The predicted octanol–water partition coefficient (Wildman–Crippen LogP) is 4.85. The molecule has 196 valence electrons. The number of carbonyl (C=O) groups is 1. The molecule has 36 heavy (non-hydrogen) atoms. The van der Waals surface area contributed by atoms with E-state index in [1.807, 2.05) is 16.2 Å². The van der Waals surface area contributed by atoms with Gasteiger partial charge in [0.25, 0.3) is 5.91 Å². The van der Waals surface area contributed by atoms with Crippen molar-refractivity contribution in [2.75, 3.05) is 39.3 Å². The highest BCUT2D eigenvalue weighted by atomic mass is 32.1. The van der Waals surface area contributed by atoms with E-state index in [1.165, 1.54) is 42.5 Å². The third kappa shape index (κ3) is 4.81. The van der Waals surface area contributed by atoms with Crippen molar-refractivity contribution in [3.63, 3.8) is 0 Å². The van der Waals surface area contributed by atoms with Crippen molar-refractivity contribution in [3.8, 4) is 0 Å². The Bertz CT molecular complexity index is 1010. The van der Waals surface area contributed by atoms with Crippen LogP contribution in [0.5, 0.6) is 0 Å². The summed E-state index contributed by atoms with van der Waals surface area (Å²) in [7, 11) is 0. The van der Waals surface area contributed by atoms with Crippen LogP contribution in [0.2, 0.25) is 0 Å². The Morgan fingerprint density at radius 1 is 1.06 bits per heavy atom. The van der Waals surface area contributed by atoms with E-state index in [2.05, 4.69) is 38.4 Å². The highest BCUT2D eigenvalue weighted by Crippen LogP contribution is 2.37. The molecule has 0 radical (unpaired) electrons. The van der Waals surface area contributed by atoms with E-state index >= 15 is 4.39 Å². The van der Waals surface area contributed by atoms with E-state index in [-0.39, 0.29) is 11.8 Å². The first kappa shape index (κ1) is 24.7. The van der Waals surface area contributed by atoms with Gasteiger partial charge in [-0.2, -0.15) is 10.2 Å². The van der Waals surface area contributed by atoms with E-state index < -0.39 is 5.67 Å². The minimum Gasteiger partial charge on any atom is -0.340 e. The predicted molar refractivity (Wildman–Crippen MR) is 144 cm³/mol. The van der Waals surface area contributed by atoms with Crippen molar-refractivity contribution in [2.24, 2.45) is 16.1 Å². The zero-order valence-corrected chi connectivity index (χ0v) is 22.4. The van der Waals surface area contributed by atoms with Gasteiger partial charge in [0.05, 0.1) is 17.3 Å². The van der Waals surface area contributed by atoms with Gasteiger partial charge >= 0.3 is 0 Å². The molecule has 1 saturated carbocycles. The number of rotatable bonds is 4. The molecule has 1 atom stereocenters. The number of fused-ring (bicyclic) bond motifs is 3. The number of carbonyl (C=O) groups excluding carboxylic acids is 1. The van der Waals surface area contributed by atoms with Crippen molar-refractivity contribution in [1.29, 1.82) is 0 Å². The molecule has 0 N–H and O–H groups in total. The summed E-state index contributed by atoms with van der Waals surface area (Å²) in [6.07, 6.45) is 9.18. The minimum atomic E-state index is -1.68. The molecular formula is C28H40FN5OS. The van der Waals surface area contributed by atoms with Crippen molar-refractivity contribution < 1.29 is 9.18 Å². The zero-order valence-electron chi connectivity index (χ0n) is 21.6. The Labute approximate surface area is 218 Å². The van der Waals surface area contributed by atoms with Crippen LogP contribution < -0.4 is 0 Å². The fraction of sp³-hybridized carbons (Fsp3) is 0.750. The molecule has 5 aliphatic rings. The number of hydrogen-bond acceptors (Lipinski definition) is 6.